The SMILES string of the molecule is Cc1ccc(-c2ccc(N3CCC(C(=O)NCCC(C)C)CC3)nn2)cc1. The molecule has 0 radical (unpaired) electrons. The van der Waals surface area contributed by atoms with Crippen LogP contribution in [0.3, 0.4) is 0 Å². The van der Waals surface area contributed by atoms with Crippen LogP contribution in [0.1, 0.15) is 38.7 Å². The largest absolute Gasteiger partial charge is 0.356 e. The molecular formula is C22H30N4O. The molecule has 2 aromatic rings. The Labute approximate surface area is 162 Å². The number of carbonyl (C=O) groups excluding carboxylic acids is 1. The van der Waals surface area contributed by atoms with Gasteiger partial charge in [0.25, 0.3) is 0 Å². The second-order valence-electron chi connectivity index (χ2n) is 7.88. The zero-order valence-corrected chi connectivity index (χ0v) is 16.6. The Morgan fingerprint density at radius 1 is 1.11 bits per heavy atom. The lowest BCUT2D eigenvalue weighted by molar-refractivity contribution is -0.125. The van der Waals surface area contributed by atoms with Crippen LogP contribution in [0.25, 0.3) is 11.3 Å². The third-order valence-electron chi connectivity index (χ3n) is 5.21. The van der Waals surface area contributed by atoms with Gasteiger partial charge >= 0.3 is 0 Å². The van der Waals surface area contributed by atoms with Gasteiger partial charge in [-0.3, -0.25) is 4.79 Å². The second-order valence-corrected chi connectivity index (χ2v) is 7.88. The summed E-state index contributed by atoms with van der Waals surface area (Å²) < 4.78 is 0. The fraction of sp³-hybridized carbons (Fsp3) is 0.500. The number of piperidine rings is 1. The molecule has 5 heteroatoms. The average molecular weight is 367 g/mol. The van der Waals surface area contributed by atoms with Crippen LogP contribution in [0.4, 0.5) is 5.82 Å². The third kappa shape index (κ3) is 5.28. The lowest BCUT2D eigenvalue weighted by Gasteiger charge is -2.31. The minimum Gasteiger partial charge on any atom is -0.356 e. The quantitative estimate of drug-likeness (QED) is 0.844. The smallest absolute Gasteiger partial charge is 0.223 e. The van der Waals surface area contributed by atoms with E-state index < -0.39 is 0 Å². The summed E-state index contributed by atoms with van der Waals surface area (Å²) in [7, 11) is 0. The van der Waals surface area contributed by atoms with Gasteiger partial charge in [-0.05, 0) is 44.2 Å². The van der Waals surface area contributed by atoms with E-state index in [1.165, 1.54) is 5.56 Å². The maximum absolute atomic E-state index is 12.3. The number of nitrogens with zero attached hydrogens (tertiary/aromatic N) is 3. The Morgan fingerprint density at radius 3 is 2.41 bits per heavy atom. The molecular weight excluding hydrogens is 336 g/mol. The van der Waals surface area contributed by atoms with Crippen molar-refractivity contribution in [1.29, 1.82) is 0 Å². The Kier molecular flexibility index (Phi) is 6.43. The number of aryl methyl sites for hydroxylation is 1. The normalized spacial score (nSPS) is 15.2. The van der Waals surface area contributed by atoms with E-state index in [-0.39, 0.29) is 11.8 Å². The van der Waals surface area contributed by atoms with E-state index in [0.717, 1.165) is 56.0 Å². The standard InChI is InChI=1S/C22H30N4O/c1-16(2)10-13-23-22(27)19-11-14-26(15-12-19)21-9-8-20(24-25-21)18-6-4-17(3)5-7-18/h4-9,16,19H,10-15H2,1-3H3,(H,23,27). The summed E-state index contributed by atoms with van der Waals surface area (Å²) in [6.07, 6.45) is 2.78. The first-order valence-corrected chi connectivity index (χ1v) is 9.96. The summed E-state index contributed by atoms with van der Waals surface area (Å²) in [5, 5.41) is 11.9. The van der Waals surface area contributed by atoms with Crippen molar-refractivity contribution in [2.45, 2.75) is 40.0 Å². The van der Waals surface area contributed by atoms with E-state index in [4.69, 9.17) is 0 Å². The highest BCUT2D eigenvalue weighted by atomic mass is 16.1. The van der Waals surface area contributed by atoms with Gasteiger partial charge in [0, 0.05) is 31.1 Å². The van der Waals surface area contributed by atoms with Gasteiger partial charge < -0.3 is 10.2 Å². The second kappa shape index (κ2) is 8.98. The van der Waals surface area contributed by atoms with E-state index in [9.17, 15) is 4.79 Å². The summed E-state index contributed by atoms with van der Waals surface area (Å²) in [6.45, 7) is 8.91. The van der Waals surface area contributed by atoms with Gasteiger partial charge in [-0.25, -0.2) is 0 Å². The molecule has 0 spiro atoms. The fourth-order valence-electron chi connectivity index (χ4n) is 3.37. The first-order chi connectivity index (χ1) is 13.0. The molecule has 1 saturated heterocycles. The first-order valence-electron chi connectivity index (χ1n) is 9.96. The third-order valence-corrected chi connectivity index (χ3v) is 5.21. The van der Waals surface area contributed by atoms with Crippen molar-refractivity contribution in [3.63, 3.8) is 0 Å². The summed E-state index contributed by atoms with van der Waals surface area (Å²) in [4.78, 5) is 14.5. The number of rotatable bonds is 6. The Balaban J connectivity index is 1.52. The van der Waals surface area contributed by atoms with Crippen LogP contribution in [0.15, 0.2) is 36.4 Å². The van der Waals surface area contributed by atoms with Crippen molar-refractivity contribution >= 4 is 11.7 Å². The number of hydrogen-bond acceptors (Lipinski definition) is 4. The van der Waals surface area contributed by atoms with E-state index >= 15 is 0 Å². The van der Waals surface area contributed by atoms with Crippen molar-refractivity contribution in [3.05, 3.63) is 42.0 Å². The van der Waals surface area contributed by atoms with Gasteiger partial charge in [-0.1, -0.05) is 43.7 Å². The zero-order chi connectivity index (χ0) is 19.2. The molecule has 1 fully saturated rings. The van der Waals surface area contributed by atoms with Crippen LogP contribution in [-0.2, 0) is 4.79 Å². The zero-order valence-electron chi connectivity index (χ0n) is 16.6. The number of aromatic nitrogens is 2. The predicted octanol–water partition coefficient (Wildman–Crippen LogP) is 3.83. The number of carbonyl (C=O) groups is 1. The van der Waals surface area contributed by atoms with Gasteiger partial charge in [0.2, 0.25) is 5.91 Å². The van der Waals surface area contributed by atoms with Crippen molar-refractivity contribution in [2.75, 3.05) is 24.5 Å². The topological polar surface area (TPSA) is 58.1 Å². The minimum absolute atomic E-state index is 0.119. The van der Waals surface area contributed by atoms with E-state index in [1.54, 1.807) is 0 Å². The average Bonchev–Trinajstić information content (AvgIpc) is 2.68. The number of amides is 1. The summed E-state index contributed by atoms with van der Waals surface area (Å²) in [5.74, 6) is 1.84. The molecule has 2 heterocycles. The molecule has 5 nitrogen and oxygen atoms in total. The summed E-state index contributed by atoms with van der Waals surface area (Å²) in [5.41, 5.74) is 3.20. The predicted molar refractivity (Wildman–Crippen MR) is 110 cm³/mol. The molecule has 1 aromatic carbocycles. The maximum atomic E-state index is 12.3. The maximum Gasteiger partial charge on any atom is 0.223 e. The lowest BCUT2D eigenvalue weighted by atomic mass is 9.95. The Bertz CT molecular complexity index is 732. The van der Waals surface area contributed by atoms with Crippen LogP contribution in [0, 0.1) is 18.8 Å². The number of nitrogens with one attached hydrogen (secondary N) is 1. The van der Waals surface area contributed by atoms with Crippen LogP contribution in [-0.4, -0.2) is 35.7 Å². The van der Waals surface area contributed by atoms with Crippen molar-refractivity contribution in [3.8, 4) is 11.3 Å². The van der Waals surface area contributed by atoms with E-state index in [0.29, 0.717) is 5.92 Å². The Hall–Kier alpha value is -2.43. The molecule has 0 saturated carbocycles. The molecule has 1 amide bonds. The number of benzene rings is 1. The fourth-order valence-corrected chi connectivity index (χ4v) is 3.37. The number of hydrogen-bond donors (Lipinski definition) is 1. The highest BCUT2D eigenvalue weighted by Gasteiger charge is 2.25. The molecule has 1 N–H and O–H groups in total. The first kappa shape index (κ1) is 19.3. The molecule has 0 unspecified atom stereocenters. The molecule has 1 aliphatic heterocycles. The number of anilines is 1. The van der Waals surface area contributed by atoms with Gasteiger partial charge in [0.1, 0.15) is 0 Å². The van der Waals surface area contributed by atoms with Gasteiger partial charge in [0.15, 0.2) is 5.82 Å². The van der Waals surface area contributed by atoms with Gasteiger partial charge in [-0.15, -0.1) is 10.2 Å². The molecule has 1 aromatic heterocycles. The summed E-state index contributed by atoms with van der Waals surface area (Å²) >= 11 is 0. The minimum atomic E-state index is 0.119. The van der Waals surface area contributed by atoms with Crippen LogP contribution in [0.2, 0.25) is 0 Å². The lowest BCUT2D eigenvalue weighted by Crippen LogP contribution is -2.41. The van der Waals surface area contributed by atoms with Gasteiger partial charge in [-0.2, -0.15) is 0 Å². The van der Waals surface area contributed by atoms with E-state index in [1.807, 2.05) is 12.1 Å². The molecule has 144 valence electrons. The van der Waals surface area contributed by atoms with Crippen molar-refractivity contribution in [2.24, 2.45) is 11.8 Å². The summed E-state index contributed by atoms with van der Waals surface area (Å²) in [6, 6.07) is 12.4. The molecule has 0 atom stereocenters. The molecule has 3 rings (SSSR count). The highest BCUT2D eigenvalue weighted by Crippen LogP contribution is 2.23. The van der Waals surface area contributed by atoms with Crippen LogP contribution >= 0.6 is 0 Å². The molecule has 0 aliphatic carbocycles. The molecule has 27 heavy (non-hydrogen) atoms. The highest BCUT2D eigenvalue weighted by molar-refractivity contribution is 5.78. The monoisotopic (exact) mass is 366 g/mol. The van der Waals surface area contributed by atoms with Crippen molar-refractivity contribution in [1.82, 2.24) is 15.5 Å². The van der Waals surface area contributed by atoms with Crippen LogP contribution in [0.5, 0.6) is 0 Å². The van der Waals surface area contributed by atoms with E-state index in [2.05, 4.69) is 65.5 Å². The molecule has 0 bridgehead atoms. The van der Waals surface area contributed by atoms with Crippen LogP contribution < -0.4 is 10.2 Å². The van der Waals surface area contributed by atoms with Crippen molar-refractivity contribution < 1.29 is 4.79 Å². The van der Waals surface area contributed by atoms with Gasteiger partial charge in [0.05, 0.1) is 5.69 Å². The Morgan fingerprint density at radius 2 is 1.81 bits per heavy atom. The molecule has 1 aliphatic rings.